The smallest absolute Gasteiger partial charge is 0.111 e. The zero-order valence-corrected chi connectivity index (χ0v) is 8.24. The van der Waals surface area contributed by atoms with Gasteiger partial charge in [0, 0.05) is 6.20 Å². The molecule has 0 radical (unpaired) electrons. The molecule has 0 saturated carbocycles. The van der Waals surface area contributed by atoms with Gasteiger partial charge < -0.3 is 19.8 Å². The van der Waals surface area contributed by atoms with Crippen LogP contribution in [0.3, 0.4) is 0 Å². The molecule has 76 valence electrons. The van der Waals surface area contributed by atoms with Gasteiger partial charge in [0.25, 0.3) is 0 Å². The normalized spacial score (nSPS) is 26.7. The standard InChI is InChI=1S/C9H11ClN2O2/c10-9-3-6(11)1-2-12(9)7-4-14-5-8(7)13/h1-3,7-8,11,13H,4-5H2/t7-,8-/m1/s1. The van der Waals surface area contributed by atoms with Gasteiger partial charge >= 0.3 is 0 Å². The largest absolute Gasteiger partial charge is 0.388 e. The molecule has 1 aliphatic rings. The van der Waals surface area contributed by atoms with E-state index in [0.29, 0.717) is 23.7 Å². The minimum atomic E-state index is -0.519. The Balaban J connectivity index is 2.36. The molecule has 1 aliphatic heterocycles. The summed E-state index contributed by atoms with van der Waals surface area (Å²) >= 11 is 5.95. The Hall–Kier alpha value is -0.840. The minimum absolute atomic E-state index is 0.136. The van der Waals surface area contributed by atoms with Gasteiger partial charge in [-0.15, -0.1) is 0 Å². The number of nitrogens with one attached hydrogen (secondary N) is 1. The molecule has 2 atom stereocenters. The van der Waals surface area contributed by atoms with Gasteiger partial charge in [-0.3, -0.25) is 0 Å². The van der Waals surface area contributed by atoms with Crippen molar-refractivity contribution in [3.63, 3.8) is 0 Å². The number of rotatable bonds is 1. The molecule has 0 amide bonds. The molecule has 1 fully saturated rings. The third-order valence-electron chi connectivity index (χ3n) is 2.31. The third kappa shape index (κ3) is 1.68. The molecule has 5 heteroatoms. The fourth-order valence-electron chi connectivity index (χ4n) is 1.55. The molecule has 0 spiro atoms. The first-order valence-electron chi connectivity index (χ1n) is 4.36. The molecule has 1 aromatic rings. The third-order valence-corrected chi connectivity index (χ3v) is 2.62. The number of hydrogen-bond acceptors (Lipinski definition) is 3. The van der Waals surface area contributed by atoms with Gasteiger partial charge in [0.15, 0.2) is 0 Å². The molecular weight excluding hydrogens is 204 g/mol. The zero-order chi connectivity index (χ0) is 10.1. The maximum Gasteiger partial charge on any atom is 0.111 e. The van der Waals surface area contributed by atoms with Crippen LogP contribution in [0, 0.1) is 5.41 Å². The quantitative estimate of drug-likeness (QED) is 0.671. The lowest BCUT2D eigenvalue weighted by atomic mass is 10.2. The second-order valence-electron chi connectivity index (χ2n) is 3.32. The summed E-state index contributed by atoms with van der Waals surface area (Å²) in [6.45, 7) is 0.805. The Morgan fingerprint density at radius 2 is 2.36 bits per heavy atom. The van der Waals surface area contributed by atoms with Gasteiger partial charge in [-0.2, -0.15) is 0 Å². The number of aliphatic hydroxyl groups is 1. The molecule has 2 heterocycles. The predicted molar refractivity (Wildman–Crippen MR) is 51.2 cm³/mol. The van der Waals surface area contributed by atoms with E-state index in [9.17, 15) is 5.11 Å². The summed E-state index contributed by atoms with van der Waals surface area (Å²) in [5, 5.41) is 17.8. The highest BCUT2D eigenvalue weighted by atomic mass is 35.5. The van der Waals surface area contributed by atoms with Gasteiger partial charge in [-0.25, -0.2) is 0 Å². The van der Waals surface area contributed by atoms with Gasteiger partial charge in [0.05, 0.1) is 24.6 Å². The summed E-state index contributed by atoms with van der Waals surface area (Å²) in [6.07, 6.45) is 1.18. The summed E-state index contributed by atoms with van der Waals surface area (Å²) < 4.78 is 6.87. The Kier molecular flexibility index (Phi) is 2.58. The van der Waals surface area contributed by atoms with Crippen LogP contribution < -0.4 is 5.36 Å². The molecule has 1 aromatic heterocycles. The number of pyridine rings is 1. The number of aromatic nitrogens is 1. The van der Waals surface area contributed by atoms with Gasteiger partial charge in [-0.05, 0) is 12.1 Å². The van der Waals surface area contributed by atoms with Crippen LogP contribution in [-0.4, -0.2) is 29.0 Å². The van der Waals surface area contributed by atoms with Crippen molar-refractivity contribution in [2.24, 2.45) is 0 Å². The summed E-state index contributed by atoms with van der Waals surface area (Å²) in [7, 11) is 0. The highest BCUT2D eigenvalue weighted by molar-refractivity contribution is 6.29. The molecule has 0 unspecified atom stereocenters. The van der Waals surface area contributed by atoms with Crippen LogP contribution in [0.15, 0.2) is 18.3 Å². The predicted octanol–water partition coefficient (Wildman–Crippen LogP) is 0.553. The van der Waals surface area contributed by atoms with E-state index in [2.05, 4.69) is 0 Å². The summed E-state index contributed by atoms with van der Waals surface area (Å²) in [4.78, 5) is 0. The first kappa shape index (κ1) is 9.71. The van der Waals surface area contributed by atoms with Crippen molar-refractivity contribution in [1.29, 1.82) is 5.41 Å². The van der Waals surface area contributed by atoms with E-state index in [4.69, 9.17) is 21.7 Å². The molecule has 2 rings (SSSR count). The van der Waals surface area contributed by atoms with Gasteiger partial charge in [0.1, 0.15) is 11.3 Å². The second kappa shape index (κ2) is 3.73. The zero-order valence-electron chi connectivity index (χ0n) is 7.48. The van der Waals surface area contributed by atoms with E-state index < -0.39 is 6.10 Å². The number of ether oxygens (including phenoxy) is 1. The van der Waals surface area contributed by atoms with E-state index in [0.717, 1.165) is 0 Å². The van der Waals surface area contributed by atoms with Crippen molar-refractivity contribution in [3.8, 4) is 0 Å². The van der Waals surface area contributed by atoms with Crippen LogP contribution in [0.5, 0.6) is 0 Å². The van der Waals surface area contributed by atoms with Crippen molar-refractivity contribution < 1.29 is 9.84 Å². The Morgan fingerprint density at radius 1 is 1.57 bits per heavy atom. The van der Waals surface area contributed by atoms with Crippen molar-refractivity contribution in [1.82, 2.24) is 4.57 Å². The lowest BCUT2D eigenvalue weighted by Crippen LogP contribution is -2.23. The summed E-state index contributed by atoms with van der Waals surface area (Å²) in [5.74, 6) is 0. The highest BCUT2D eigenvalue weighted by Crippen LogP contribution is 2.22. The fourth-order valence-corrected chi connectivity index (χ4v) is 1.85. The molecule has 0 aromatic carbocycles. The van der Waals surface area contributed by atoms with E-state index in [1.165, 1.54) is 0 Å². The van der Waals surface area contributed by atoms with Crippen molar-refractivity contribution in [3.05, 3.63) is 28.8 Å². The van der Waals surface area contributed by atoms with Crippen LogP contribution in [0.1, 0.15) is 6.04 Å². The maximum absolute atomic E-state index is 9.58. The van der Waals surface area contributed by atoms with E-state index >= 15 is 0 Å². The van der Waals surface area contributed by atoms with Crippen LogP contribution in [0.4, 0.5) is 0 Å². The average molecular weight is 215 g/mol. The Labute approximate surface area is 86.2 Å². The Bertz CT molecular complexity index is 391. The number of halogens is 1. The molecule has 2 N–H and O–H groups in total. The van der Waals surface area contributed by atoms with E-state index in [1.54, 1.807) is 22.9 Å². The second-order valence-corrected chi connectivity index (χ2v) is 3.70. The lowest BCUT2D eigenvalue weighted by molar-refractivity contribution is 0.119. The lowest BCUT2D eigenvalue weighted by Gasteiger charge is -2.18. The number of aliphatic hydroxyl groups excluding tert-OH is 1. The fraction of sp³-hybridized carbons (Fsp3) is 0.444. The van der Waals surface area contributed by atoms with E-state index in [1.807, 2.05) is 0 Å². The minimum Gasteiger partial charge on any atom is -0.388 e. The first-order chi connectivity index (χ1) is 6.68. The topological polar surface area (TPSA) is 58.2 Å². The van der Waals surface area contributed by atoms with Crippen LogP contribution in [0.25, 0.3) is 0 Å². The molecule has 14 heavy (non-hydrogen) atoms. The van der Waals surface area contributed by atoms with E-state index in [-0.39, 0.29) is 6.04 Å². The number of nitrogens with zero attached hydrogens (tertiary/aromatic N) is 1. The van der Waals surface area contributed by atoms with Crippen molar-refractivity contribution >= 4 is 11.6 Å². The SMILES string of the molecule is N=c1ccn([C@@H]2COC[C@H]2O)c(Cl)c1. The van der Waals surface area contributed by atoms with Crippen molar-refractivity contribution in [2.45, 2.75) is 12.1 Å². The number of hydrogen-bond donors (Lipinski definition) is 2. The molecule has 0 aliphatic carbocycles. The van der Waals surface area contributed by atoms with Gasteiger partial charge in [-0.1, -0.05) is 11.6 Å². The molecular formula is C9H11ClN2O2. The summed E-state index contributed by atoms with van der Waals surface area (Å²) in [5.41, 5.74) is 0. The van der Waals surface area contributed by atoms with Gasteiger partial charge in [0.2, 0.25) is 0 Å². The first-order valence-corrected chi connectivity index (χ1v) is 4.74. The van der Waals surface area contributed by atoms with Crippen LogP contribution >= 0.6 is 11.6 Å². The summed E-state index contributed by atoms with van der Waals surface area (Å²) in [6, 6.07) is 3.05. The van der Waals surface area contributed by atoms with Crippen molar-refractivity contribution in [2.75, 3.05) is 13.2 Å². The average Bonchev–Trinajstić information content (AvgIpc) is 2.52. The molecule has 4 nitrogen and oxygen atoms in total. The molecule has 0 bridgehead atoms. The monoisotopic (exact) mass is 214 g/mol. The van der Waals surface area contributed by atoms with Crippen LogP contribution in [0.2, 0.25) is 5.15 Å². The molecule has 1 saturated heterocycles. The Morgan fingerprint density at radius 3 is 2.93 bits per heavy atom. The maximum atomic E-state index is 9.58. The van der Waals surface area contributed by atoms with Crippen LogP contribution in [-0.2, 0) is 4.74 Å². The highest BCUT2D eigenvalue weighted by Gasteiger charge is 2.27.